The largest absolute Gasteiger partial charge is 0.496 e. The van der Waals surface area contributed by atoms with E-state index in [0.29, 0.717) is 77.7 Å². The van der Waals surface area contributed by atoms with Crippen molar-refractivity contribution in [3.8, 4) is 16.9 Å². The smallest absolute Gasteiger partial charge is 0.270 e. The molecule has 0 atom stereocenters. The van der Waals surface area contributed by atoms with Gasteiger partial charge in [0, 0.05) is 92.4 Å². The van der Waals surface area contributed by atoms with Gasteiger partial charge in [0.15, 0.2) is 5.82 Å². The molecule has 1 saturated heterocycles. The first-order chi connectivity index (χ1) is 21.9. The minimum atomic E-state index is -0.450. The zero-order chi connectivity index (χ0) is 31.1. The van der Waals surface area contributed by atoms with E-state index in [1.807, 2.05) is 24.0 Å². The molecule has 3 aromatic heterocycles. The van der Waals surface area contributed by atoms with Crippen LogP contribution >= 0.6 is 0 Å². The predicted molar refractivity (Wildman–Crippen MR) is 167 cm³/mol. The fraction of sp³-hybridized carbons (Fsp3) is 0.424. The molecule has 0 bridgehead atoms. The van der Waals surface area contributed by atoms with Crippen molar-refractivity contribution in [3.05, 3.63) is 65.6 Å². The number of hydrogen-bond acceptors (Lipinski definition) is 7. The lowest BCUT2D eigenvalue weighted by atomic mass is 9.93. The van der Waals surface area contributed by atoms with Gasteiger partial charge in [-0.15, -0.1) is 5.10 Å². The quantitative estimate of drug-likeness (QED) is 0.321. The second kappa shape index (κ2) is 12.1. The first-order valence-electron chi connectivity index (χ1n) is 15.6. The summed E-state index contributed by atoms with van der Waals surface area (Å²) in [5.41, 5.74) is 3.89. The van der Waals surface area contributed by atoms with E-state index >= 15 is 4.39 Å². The maximum atomic E-state index is 16.6. The molecule has 5 heterocycles. The molecule has 2 fully saturated rings. The molecular weight excluding hydrogens is 575 g/mol. The Morgan fingerprint density at radius 1 is 1.04 bits per heavy atom. The number of nitrogens with one attached hydrogen (secondary N) is 1. The van der Waals surface area contributed by atoms with Crippen molar-refractivity contribution in [2.45, 2.75) is 45.2 Å². The van der Waals surface area contributed by atoms with Gasteiger partial charge in [0.2, 0.25) is 5.91 Å². The highest BCUT2D eigenvalue weighted by Gasteiger charge is 2.33. The number of ether oxygens (including phenoxy) is 1. The number of amides is 2. The number of hydrogen-bond donors (Lipinski definition) is 1. The molecule has 0 radical (unpaired) electrons. The lowest BCUT2D eigenvalue weighted by Gasteiger charge is -2.34. The van der Waals surface area contributed by atoms with E-state index < -0.39 is 5.82 Å². The van der Waals surface area contributed by atoms with E-state index in [1.54, 1.807) is 47.4 Å². The summed E-state index contributed by atoms with van der Waals surface area (Å²) in [6.45, 7) is 6.15. The molecule has 234 valence electrons. The summed E-state index contributed by atoms with van der Waals surface area (Å²) in [5, 5.41) is 8.31. The van der Waals surface area contributed by atoms with Crippen LogP contribution in [0.3, 0.4) is 0 Å². The number of aromatic amines is 1. The van der Waals surface area contributed by atoms with Gasteiger partial charge in [-0.3, -0.25) is 24.2 Å². The maximum absolute atomic E-state index is 16.6. The summed E-state index contributed by atoms with van der Waals surface area (Å²) < 4.78 is 23.9. The molecule has 4 aromatic rings. The molecule has 0 unspecified atom stereocenters. The molecule has 1 aliphatic carbocycles. The van der Waals surface area contributed by atoms with Crippen LogP contribution in [0.4, 0.5) is 4.39 Å². The van der Waals surface area contributed by atoms with Crippen molar-refractivity contribution < 1.29 is 18.7 Å². The van der Waals surface area contributed by atoms with Gasteiger partial charge < -0.3 is 19.5 Å². The molecule has 3 aliphatic rings. The van der Waals surface area contributed by atoms with Crippen molar-refractivity contribution in [1.82, 2.24) is 39.7 Å². The van der Waals surface area contributed by atoms with Crippen LogP contribution in [-0.4, -0.2) is 104 Å². The number of aromatic nitrogens is 5. The van der Waals surface area contributed by atoms with Crippen LogP contribution in [0.5, 0.6) is 5.75 Å². The Morgan fingerprint density at radius 2 is 1.87 bits per heavy atom. The fourth-order valence-corrected chi connectivity index (χ4v) is 6.51. The Morgan fingerprint density at radius 3 is 2.60 bits per heavy atom. The third kappa shape index (κ3) is 5.82. The maximum Gasteiger partial charge on any atom is 0.270 e. The molecule has 1 saturated carbocycles. The molecule has 1 aromatic carbocycles. The molecule has 45 heavy (non-hydrogen) atoms. The van der Waals surface area contributed by atoms with E-state index in [4.69, 9.17) is 4.74 Å². The number of nitrogens with zero attached hydrogens (tertiary/aromatic N) is 7. The standard InChI is InChI=1S/C33H37FN8O3/c1-21-16-29(45-2)27(19-35-21)25-17-24(22-4-3-9-41(20-22)30(43)7-10-42-11-8-36-38-42)31(34)32-26(25)18-28(37-32)33(44)40-14-12-39(13-15-40)23-5-6-23/h4,8,11,16-19,23,37H,3,5-7,9-10,12-15,20H2,1-2H3. The van der Waals surface area contributed by atoms with E-state index in [1.165, 1.54) is 12.8 Å². The molecule has 12 heteroatoms. The van der Waals surface area contributed by atoms with Gasteiger partial charge in [-0.25, -0.2) is 4.39 Å². The van der Waals surface area contributed by atoms with Gasteiger partial charge in [0.05, 0.1) is 25.4 Å². The molecule has 2 aliphatic heterocycles. The number of pyridine rings is 1. The minimum absolute atomic E-state index is 0.0308. The number of methoxy groups -OCH3 is 1. The third-order valence-electron chi connectivity index (χ3n) is 9.14. The summed E-state index contributed by atoms with van der Waals surface area (Å²) in [5.74, 6) is -0.0111. The van der Waals surface area contributed by atoms with Crippen molar-refractivity contribution in [2.75, 3.05) is 46.4 Å². The van der Waals surface area contributed by atoms with Gasteiger partial charge in [-0.1, -0.05) is 11.3 Å². The summed E-state index contributed by atoms with van der Waals surface area (Å²) in [4.78, 5) is 40.5. The topological polar surface area (TPSA) is 112 Å². The number of benzene rings is 1. The van der Waals surface area contributed by atoms with Crippen molar-refractivity contribution in [1.29, 1.82) is 0 Å². The van der Waals surface area contributed by atoms with Gasteiger partial charge in [0.25, 0.3) is 5.91 Å². The van der Waals surface area contributed by atoms with Crippen LogP contribution in [0.1, 0.15) is 47.4 Å². The molecular formula is C33H37FN8O3. The van der Waals surface area contributed by atoms with E-state index in [0.717, 1.165) is 18.8 Å². The number of aryl methyl sites for hydroxylation is 2. The van der Waals surface area contributed by atoms with Gasteiger partial charge >= 0.3 is 0 Å². The first kappa shape index (κ1) is 29.1. The Bertz CT molecular complexity index is 1770. The van der Waals surface area contributed by atoms with Crippen LogP contribution in [-0.2, 0) is 11.3 Å². The van der Waals surface area contributed by atoms with Crippen molar-refractivity contribution in [3.63, 3.8) is 0 Å². The summed E-state index contributed by atoms with van der Waals surface area (Å²) >= 11 is 0. The third-order valence-corrected chi connectivity index (χ3v) is 9.14. The van der Waals surface area contributed by atoms with Crippen LogP contribution in [0.2, 0.25) is 0 Å². The van der Waals surface area contributed by atoms with Gasteiger partial charge in [-0.2, -0.15) is 0 Å². The Hall–Kier alpha value is -4.58. The summed E-state index contributed by atoms with van der Waals surface area (Å²) in [7, 11) is 1.60. The van der Waals surface area contributed by atoms with Gasteiger partial charge in [-0.05, 0) is 49.5 Å². The molecule has 7 rings (SSSR count). The van der Waals surface area contributed by atoms with E-state index in [9.17, 15) is 9.59 Å². The monoisotopic (exact) mass is 612 g/mol. The van der Waals surface area contributed by atoms with Crippen molar-refractivity contribution >= 4 is 28.3 Å². The zero-order valence-electron chi connectivity index (χ0n) is 25.6. The number of rotatable bonds is 8. The summed E-state index contributed by atoms with van der Waals surface area (Å²) in [6, 6.07) is 6.06. The Balaban J connectivity index is 1.23. The number of H-pyrrole nitrogens is 1. The van der Waals surface area contributed by atoms with Crippen LogP contribution < -0.4 is 4.74 Å². The predicted octanol–water partition coefficient (Wildman–Crippen LogP) is 3.90. The molecule has 0 spiro atoms. The van der Waals surface area contributed by atoms with Crippen LogP contribution in [0.15, 0.2) is 42.9 Å². The lowest BCUT2D eigenvalue weighted by Crippen LogP contribution is -2.49. The SMILES string of the molecule is COc1cc(C)ncc1-c1cc(C2=CCCN(C(=O)CCn3ccnn3)C2)c(F)c2[nH]c(C(=O)N3CCN(C4CC4)CC3)cc12. The first-order valence-corrected chi connectivity index (χ1v) is 15.6. The van der Waals surface area contributed by atoms with Crippen LogP contribution in [0.25, 0.3) is 27.6 Å². The number of fused-ring (bicyclic) bond motifs is 1. The normalized spacial score (nSPS) is 17.5. The number of carbonyl (C=O) groups excluding carboxylic acids is 2. The Kier molecular flexibility index (Phi) is 7.82. The second-order valence-electron chi connectivity index (χ2n) is 12.1. The highest BCUT2D eigenvalue weighted by molar-refractivity contribution is 6.05. The van der Waals surface area contributed by atoms with Crippen molar-refractivity contribution in [2.24, 2.45) is 0 Å². The highest BCUT2D eigenvalue weighted by atomic mass is 19.1. The zero-order valence-corrected chi connectivity index (χ0v) is 25.6. The lowest BCUT2D eigenvalue weighted by molar-refractivity contribution is -0.131. The Labute approximate surface area is 260 Å². The average molecular weight is 613 g/mol. The highest BCUT2D eigenvalue weighted by Crippen LogP contribution is 2.40. The number of halogens is 1. The molecule has 2 amide bonds. The minimum Gasteiger partial charge on any atom is -0.496 e. The fourth-order valence-electron chi connectivity index (χ4n) is 6.51. The van der Waals surface area contributed by atoms with E-state index in [2.05, 4.69) is 25.2 Å². The van der Waals surface area contributed by atoms with Gasteiger partial charge in [0.1, 0.15) is 11.4 Å². The van der Waals surface area contributed by atoms with E-state index in [-0.39, 0.29) is 30.3 Å². The number of piperazine rings is 1. The molecule has 11 nitrogen and oxygen atoms in total. The molecule has 1 N–H and O–H groups in total. The summed E-state index contributed by atoms with van der Waals surface area (Å²) in [6.07, 6.45) is 10.4. The second-order valence-corrected chi connectivity index (χ2v) is 12.1. The number of carbonyl (C=O) groups is 2. The van der Waals surface area contributed by atoms with Crippen LogP contribution in [0, 0.1) is 12.7 Å². The average Bonchev–Trinajstić information content (AvgIpc) is 3.59.